The minimum atomic E-state index is -0.301. The van der Waals surface area contributed by atoms with E-state index < -0.39 is 0 Å². The quantitative estimate of drug-likeness (QED) is 0.723. The molecule has 2 amide bonds. The fourth-order valence-electron chi connectivity index (χ4n) is 4.89. The maximum Gasteiger partial charge on any atom is 0.246 e. The van der Waals surface area contributed by atoms with Crippen LogP contribution in [0.25, 0.3) is 5.65 Å². The molecular weight excluding hydrogens is 422 g/mol. The number of fused-ring (bicyclic) bond motifs is 2. The molecule has 5 heterocycles. The van der Waals surface area contributed by atoms with Gasteiger partial charge in [-0.05, 0) is 31.9 Å². The van der Waals surface area contributed by atoms with E-state index in [2.05, 4.69) is 16.8 Å². The lowest BCUT2D eigenvalue weighted by Crippen LogP contribution is -2.52. The van der Waals surface area contributed by atoms with Crippen molar-refractivity contribution in [3.63, 3.8) is 0 Å². The second kappa shape index (κ2) is 7.73. The SMILES string of the molecule is C[C@]12CCC(=O)N1[C@@H](C(=O)N1CCCN(Cc3cn4cc(Cl)ccc4n3)CC1)CS2. The van der Waals surface area contributed by atoms with Gasteiger partial charge in [-0.25, -0.2) is 4.98 Å². The predicted molar refractivity (Wildman–Crippen MR) is 117 cm³/mol. The van der Waals surface area contributed by atoms with Crippen LogP contribution in [0.1, 0.15) is 31.9 Å². The van der Waals surface area contributed by atoms with E-state index in [1.807, 2.05) is 38.7 Å². The third kappa shape index (κ3) is 3.59. The van der Waals surface area contributed by atoms with Gasteiger partial charge < -0.3 is 14.2 Å². The zero-order valence-electron chi connectivity index (χ0n) is 17.1. The van der Waals surface area contributed by atoms with Crippen molar-refractivity contribution in [3.05, 3.63) is 35.2 Å². The average molecular weight is 448 g/mol. The van der Waals surface area contributed by atoms with E-state index in [-0.39, 0.29) is 22.7 Å². The number of amides is 2. The van der Waals surface area contributed by atoms with Gasteiger partial charge in [0.1, 0.15) is 11.7 Å². The molecule has 2 aromatic rings. The molecule has 7 nitrogen and oxygen atoms in total. The van der Waals surface area contributed by atoms with Crippen LogP contribution in [-0.4, -0.2) is 78.7 Å². The number of nitrogens with zero attached hydrogens (tertiary/aromatic N) is 5. The smallest absolute Gasteiger partial charge is 0.246 e. The summed E-state index contributed by atoms with van der Waals surface area (Å²) in [7, 11) is 0. The molecule has 0 aliphatic carbocycles. The molecule has 160 valence electrons. The third-order valence-corrected chi connectivity index (χ3v) is 8.21. The van der Waals surface area contributed by atoms with Crippen LogP contribution in [0.4, 0.5) is 0 Å². The molecule has 2 atom stereocenters. The monoisotopic (exact) mass is 447 g/mol. The van der Waals surface area contributed by atoms with Gasteiger partial charge in [0.2, 0.25) is 11.8 Å². The lowest BCUT2D eigenvalue weighted by molar-refractivity contribution is -0.143. The number of imidazole rings is 1. The number of carbonyl (C=O) groups excluding carboxylic acids is 2. The van der Waals surface area contributed by atoms with Gasteiger partial charge in [-0.2, -0.15) is 0 Å². The molecule has 30 heavy (non-hydrogen) atoms. The topological polar surface area (TPSA) is 61.2 Å². The summed E-state index contributed by atoms with van der Waals surface area (Å²) in [5, 5.41) is 0.688. The molecule has 0 saturated carbocycles. The van der Waals surface area contributed by atoms with E-state index in [1.165, 1.54) is 0 Å². The third-order valence-electron chi connectivity index (χ3n) is 6.48. The highest BCUT2D eigenvalue weighted by molar-refractivity contribution is 8.01. The summed E-state index contributed by atoms with van der Waals surface area (Å²) in [4.78, 5) is 36.3. The van der Waals surface area contributed by atoms with Crippen molar-refractivity contribution < 1.29 is 9.59 Å². The predicted octanol–water partition coefficient (Wildman–Crippen LogP) is 2.48. The molecule has 0 unspecified atom stereocenters. The normalized spacial score (nSPS) is 27.7. The molecule has 3 saturated heterocycles. The molecule has 0 radical (unpaired) electrons. The zero-order valence-corrected chi connectivity index (χ0v) is 18.7. The molecule has 0 aromatic carbocycles. The maximum atomic E-state index is 13.3. The van der Waals surface area contributed by atoms with Crippen LogP contribution in [0, 0.1) is 0 Å². The van der Waals surface area contributed by atoms with Crippen molar-refractivity contribution in [3.8, 4) is 0 Å². The Bertz CT molecular complexity index is 997. The Labute approximate surface area is 185 Å². The summed E-state index contributed by atoms with van der Waals surface area (Å²) in [5.41, 5.74) is 1.89. The number of hydrogen-bond donors (Lipinski definition) is 0. The number of halogens is 1. The van der Waals surface area contributed by atoms with Crippen molar-refractivity contribution >= 4 is 40.8 Å². The Kier molecular flexibility index (Phi) is 5.19. The Hall–Kier alpha value is -1.77. The van der Waals surface area contributed by atoms with Crippen LogP contribution in [-0.2, 0) is 16.1 Å². The summed E-state index contributed by atoms with van der Waals surface area (Å²) in [5.74, 6) is 0.959. The highest BCUT2D eigenvalue weighted by Crippen LogP contribution is 2.47. The Morgan fingerprint density at radius 1 is 1.27 bits per heavy atom. The number of carbonyl (C=O) groups is 2. The number of aromatic nitrogens is 2. The fourth-order valence-corrected chi connectivity index (χ4v) is 6.48. The second-order valence-electron chi connectivity index (χ2n) is 8.57. The van der Waals surface area contributed by atoms with E-state index in [9.17, 15) is 9.59 Å². The average Bonchev–Trinajstić information content (AvgIpc) is 3.29. The van der Waals surface area contributed by atoms with Crippen LogP contribution < -0.4 is 0 Å². The Morgan fingerprint density at radius 3 is 3.00 bits per heavy atom. The molecule has 2 aromatic heterocycles. The van der Waals surface area contributed by atoms with E-state index in [4.69, 9.17) is 11.6 Å². The molecular formula is C21H26ClN5O2S. The second-order valence-corrected chi connectivity index (χ2v) is 10.5. The van der Waals surface area contributed by atoms with Gasteiger partial charge in [0, 0.05) is 57.3 Å². The lowest BCUT2D eigenvalue weighted by atomic mass is 10.2. The van der Waals surface area contributed by atoms with Gasteiger partial charge in [-0.15, -0.1) is 11.8 Å². The summed E-state index contributed by atoms with van der Waals surface area (Å²) >= 11 is 7.83. The first-order valence-electron chi connectivity index (χ1n) is 10.5. The van der Waals surface area contributed by atoms with Crippen molar-refractivity contribution in [2.24, 2.45) is 0 Å². The summed E-state index contributed by atoms with van der Waals surface area (Å²) in [6.07, 6.45) is 6.22. The standard InChI is InChI=1S/C21H26ClN5O2S/c1-21-6-5-19(28)27(21)17(14-30-21)20(29)25-8-2-7-24(9-10-25)12-16-13-26-11-15(22)3-4-18(26)23-16/h3-4,11,13,17H,2,5-10,12,14H2,1H3/t17-,21+/m1/s1. The minimum absolute atomic E-state index is 0.116. The molecule has 0 bridgehead atoms. The first-order chi connectivity index (χ1) is 14.4. The molecule has 9 heteroatoms. The highest BCUT2D eigenvalue weighted by Gasteiger charge is 2.53. The van der Waals surface area contributed by atoms with E-state index in [0.717, 1.165) is 50.4 Å². The van der Waals surface area contributed by atoms with E-state index in [0.29, 0.717) is 23.7 Å². The summed E-state index contributed by atoms with van der Waals surface area (Å²) in [6, 6.07) is 3.46. The maximum absolute atomic E-state index is 13.3. The Morgan fingerprint density at radius 2 is 2.13 bits per heavy atom. The zero-order chi connectivity index (χ0) is 20.9. The van der Waals surface area contributed by atoms with Crippen LogP contribution in [0.3, 0.4) is 0 Å². The highest BCUT2D eigenvalue weighted by atomic mass is 35.5. The van der Waals surface area contributed by atoms with Crippen molar-refractivity contribution in [2.75, 3.05) is 31.9 Å². The molecule has 3 aliphatic heterocycles. The molecule has 0 spiro atoms. The van der Waals surface area contributed by atoms with Gasteiger partial charge in [-0.3, -0.25) is 14.5 Å². The first-order valence-corrected chi connectivity index (χ1v) is 11.9. The van der Waals surface area contributed by atoms with Gasteiger partial charge in [0.25, 0.3) is 0 Å². The fraction of sp³-hybridized carbons (Fsp3) is 0.571. The first kappa shape index (κ1) is 20.2. The largest absolute Gasteiger partial charge is 0.340 e. The number of rotatable bonds is 3. The number of pyridine rings is 1. The van der Waals surface area contributed by atoms with E-state index in [1.54, 1.807) is 11.8 Å². The summed E-state index contributed by atoms with van der Waals surface area (Å²) in [6.45, 7) is 6.03. The van der Waals surface area contributed by atoms with Crippen molar-refractivity contribution in [1.29, 1.82) is 0 Å². The minimum Gasteiger partial charge on any atom is -0.340 e. The van der Waals surface area contributed by atoms with Gasteiger partial charge >= 0.3 is 0 Å². The van der Waals surface area contributed by atoms with Crippen molar-refractivity contribution in [2.45, 2.75) is 43.6 Å². The number of thioether (sulfide) groups is 1. The van der Waals surface area contributed by atoms with Gasteiger partial charge in [-0.1, -0.05) is 11.6 Å². The van der Waals surface area contributed by atoms with Crippen molar-refractivity contribution in [1.82, 2.24) is 24.1 Å². The van der Waals surface area contributed by atoms with Crippen LogP contribution >= 0.6 is 23.4 Å². The van der Waals surface area contributed by atoms with Crippen LogP contribution in [0.5, 0.6) is 0 Å². The van der Waals surface area contributed by atoms with Crippen LogP contribution in [0.15, 0.2) is 24.5 Å². The Balaban J connectivity index is 1.23. The molecule has 0 N–H and O–H groups in total. The van der Waals surface area contributed by atoms with Gasteiger partial charge in [0.05, 0.1) is 15.6 Å². The van der Waals surface area contributed by atoms with E-state index >= 15 is 0 Å². The summed E-state index contributed by atoms with van der Waals surface area (Å²) < 4.78 is 1.95. The molecule has 3 aliphatic rings. The number of hydrogen-bond acceptors (Lipinski definition) is 5. The van der Waals surface area contributed by atoms with Gasteiger partial charge in [0.15, 0.2) is 0 Å². The lowest BCUT2D eigenvalue weighted by Gasteiger charge is -2.32. The van der Waals surface area contributed by atoms with Crippen LogP contribution in [0.2, 0.25) is 5.02 Å². The molecule has 5 rings (SSSR count). The molecule has 3 fully saturated rings.